The number of hydrogen-bond donors (Lipinski definition) is 1. The summed E-state index contributed by atoms with van der Waals surface area (Å²) in [6.45, 7) is 2.64. The zero-order chi connectivity index (χ0) is 12.4. The van der Waals surface area contributed by atoms with Crippen molar-refractivity contribution in [1.82, 2.24) is 0 Å². The number of ether oxygens (including phenoxy) is 1. The lowest BCUT2D eigenvalue weighted by Crippen LogP contribution is -2.37. The third-order valence-electron chi connectivity index (χ3n) is 3.43. The second kappa shape index (κ2) is 5.02. The van der Waals surface area contributed by atoms with E-state index in [0.717, 1.165) is 18.7 Å². The molecule has 0 amide bonds. The van der Waals surface area contributed by atoms with Gasteiger partial charge in [0.05, 0.1) is 18.8 Å². The van der Waals surface area contributed by atoms with E-state index in [2.05, 4.69) is 4.90 Å². The van der Waals surface area contributed by atoms with Crippen LogP contribution in [0.25, 0.3) is 0 Å². The maximum absolute atomic E-state index is 13.1. The average Bonchev–Trinajstić information content (AvgIpc) is 2.74. The van der Waals surface area contributed by atoms with Crippen molar-refractivity contribution < 1.29 is 14.2 Å². The van der Waals surface area contributed by atoms with E-state index in [0.29, 0.717) is 5.56 Å². The molecule has 1 aromatic rings. The van der Waals surface area contributed by atoms with Gasteiger partial charge in [-0.1, -0.05) is 0 Å². The molecule has 0 aromatic heterocycles. The highest BCUT2D eigenvalue weighted by Crippen LogP contribution is 2.27. The quantitative estimate of drug-likeness (QED) is 0.875. The van der Waals surface area contributed by atoms with Crippen LogP contribution in [0.2, 0.25) is 0 Å². The van der Waals surface area contributed by atoms with Crippen LogP contribution in [0, 0.1) is 5.82 Å². The second-order valence-electron chi connectivity index (χ2n) is 4.47. The average molecular weight is 239 g/mol. The van der Waals surface area contributed by atoms with Gasteiger partial charge in [-0.3, -0.25) is 0 Å². The molecule has 1 fully saturated rings. The zero-order valence-electron chi connectivity index (χ0n) is 10.2. The van der Waals surface area contributed by atoms with Crippen molar-refractivity contribution >= 4 is 5.69 Å². The molecule has 0 aliphatic carbocycles. The van der Waals surface area contributed by atoms with Gasteiger partial charge in [-0.2, -0.15) is 0 Å². The summed E-state index contributed by atoms with van der Waals surface area (Å²) >= 11 is 0. The Balaban J connectivity index is 2.26. The molecule has 2 rings (SSSR count). The maximum Gasteiger partial charge on any atom is 0.123 e. The predicted octanol–water partition coefficient (Wildman–Crippen LogP) is 1.93. The number of benzene rings is 1. The number of nitrogens with zero attached hydrogens (tertiary/aromatic N) is 1. The molecule has 17 heavy (non-hydrogen) atoms. The van der Waals surface area contributed by atoms with Crippen molar-refractivity contribution in [3.63, 3.8) is 0 Å². The molecule has 1 aliphatic rings. The summed E-state index contributed by atoms with van der Waals surface area (Å²) in [5.74, 6) is -0.318. The number of halogens is 1. The fourth-order valence-corrected chi connectivity index (χ4v) is 2.43. The molecule has 1 heterocycles. The Morgan fingerprint density at radius 1 is 1.53 bits per heavy atom. The largest absolute Gasteiger partial charge is 0.392 e. The van der Waals surface area contributed by atoms with Crippen molar-refractivity contribution in [1.29, 1.82) is 0 Å². The van der Waals surface area contributed by atoms with Crippen LogP contribution in [0.1, 0.15) is 18.9 Å². The SMILES string of the molecule is CC1OCCC1N(C)c1ccc(F)cc1CO. The minimum atomic E-state index is -0.318. The van der Waals surface area contributed by atoms with E-state index < -0.39 is 0 Å². The topological polar surface area (TPSA) is 32.7 Å². The second-order valence-corrected chi connectivity index (χ2v) is 4.47. The van der Waals surface area contributed by atoms with Gasteiger partial charge in [0.2, 0.25) is 0 Å². The van der Waals surface area contributed by atoms with E-state index in [9.17, 15) is 9.50 Å². The number of anilines is 1. The van der Waals surface area contributed by atoms with E-state index in [4.69, 9.17) is 4.74 Å². The van der Waals surface area contributed by atoms with E-state index in [1.807, 2.05) is 14.0 Å². The molecule has 1 N–H and O–H groups in total. The van der Waals surface area contributed by atoms with E-state index in [-0.39, 0.29) is 24.6 Å². The standard InChI is InChI=1S/C13H18FNO2/c1-9-12(5-6-17-9)15(2)13-4-3-11(14)7-10(13)8-16/h3-4,7,9,12,16H,5-6,8H2,1-2H3. The maximum atomic E-state index is 13.1. The molecule has 0 bridgehead atoms. The van der Waals surface area contributed by atoms with Gasteiger partial charge in [0.25, 0.3) is 0 Å². The number of hydrogen-bond acceptors (Lipinski definition) is 3. The molecular weight excluding hydrogens is 221 g/mol. The molecule has 1 aliphatic heterocycles. The lowest BCUT2D eigenvalue weighted by Gasteiger charge is -2.30. The highest BCUT2D eigenvalue weighted by molar-refractivity contribution is 5.54. The highest BCUT2D eigenvalue weighted by Gasteiger charge is 2.28. The lowest BCUT2D eigenvalue weighted by atomic mass is 10.1. The third kappa shape index (κ3) is 2.42. The fourth-order valence-electron chi connectivity index (χ4n) is 2.43. The monoisotopic (exact) mass is 239 g/mol. The molecule has 4 heteroatoms. The summed E-state index contributed by atoms with van der Waals surface area (Å²) in [7, 11) is 1.96. The van der Waals surface area contributed by atoms with Crippen LogP contribution in [0.15, 0.2) is 18.2 Å². The summed E-state index contributed by atoms with van der Waals surface area (Å²) in [5, 5.41) is 9.28. The van der Waals surface area contributed by atoms with Crippen molar-refractivity contribution in [2.24, 2.45) is 0 Å². The van der Waals surface area contributed by atoms with Crippen LogP contribution in [-0.4, -0.2) is 30.9 Å². The number of likely N-dealkylation sites (N-methyl/N-ethyl adjacent to an activating group) is 1. The van der Waals surface area contributed by atoms with E-state index >= 15 is 0 Å². The van der Waals surface area contributed by atoms with Gasteiger partial charge < -0.3 is 14.7 Å². The van der Waals surface area contributed by atoms with Crippen LogP contribution in [0.4, 0.5) is 10.1 Å². The van der Waals surface area contributed by atoms with Crippen LogP contribution in [0.5, 0.6) is 0 Å². The summed E-state index contributed by atoms with van der Waals surface area (Å²) in [6, 6.07) is 4.80. The molecule has 94 valence electrons. The normalized spacial score (nSPS) is 24.0. The fraction of sp³-hybridized carbons (Fsp3) is 0.538. The van der Waals surface area contributed by atoms with Crippen molar-refractivity contribution in [2.75, 3.05) is 18.6 Å². The summed E-state index contributed by atoms with van der Waals surface area (Å²) in [5.41, 5.74) is 1.49. The lowest BCUT2D eigenvalue weighted by molar-refractivity contribution is 0.118. The van der Waals surface area contributed by atoms with Gasteiger partial charge >= 0.3 is 0 Å². The van der Waals surface area contributed by atoms with Gasteiger partial charge in [-0.25, -0.2) is 4.39 Å². The Hall–Kier alpha value is -1.13. The van der Waals surface area contributed by atoms with Crippen LogP contribution < -0.4 is 4.90 Å². The van der Waals surface area contributed by atoms with Gasteiger partial charge in [0, 0.05) is 24.9 Å². The minimum absolute atomic E-state index is 0.153. The predicted molar refractivity (Wildman–Crippen MR) is 64.5 cm³/mol. The number of aliphatic hydroxyl groups is 1. The first-order valence-electron chi connectivity index (χ1n) is 5.87. The highest BCUT2D eigenvalue weighted by atomic mass is 19.1. The van der Waals surface area contributed by atoms with Gasteiger partial charge in [0.15, 0.2) is 0 Å². The minimum Gasteiger partial charge on any atom is -0.392 e. The van der Waals surface area contributed by atoms with Gasteiger partial charge in [0.1, 0.15) is 5.82 Å². The molecule has 1 saturated heterocycles. The van der Waals surface area contributed by atoms with Crippen molar-refractivity contribution in [3.8, 4) is 0 Å². The number of rotatable bonds is 3. The first-order valence-corrected chi connectivity index (χ1v) is 5.87. The first kappa shape index (κ1) is 12.3. The molecular formula is C13H18FNO2. The zero-order valence-corrected chi connectivity index (χ0v) is 10.2. The Morgan fingerprint density at radius 3 is 2.88 bits per heavy atom. The van der Waals surface area contributed by atoms with E-state index in [1.54, 1.807) is 6.07 Å². The molecule has 2 unspecified atom stereocenters. The van der Waals surface area contributed by atoms with Crippen molar-refractivity contribution in [3.05, 3.63) is 29.6 Å². The van der Waals surface area contributed by atoms with Crippen LogP contribution >= 0.6 is 0 Å². The molecule has 1 aromatic carbocycles. The van der Waals surface area contributed by atoms with Crippen molar-refractivity contribution in [2.45, 2.75) is 32.1 Å². The molecule has 3 nitrogen and oxygen atoms in total. The smallest absolute Gasteiger partial charge is 0.123 e. The third-order valence-corrected chi connectivity index (χ3v) is 3.43. The summed E-state index contributed by atoms with van der Waals surface area (Å²) < 4.78 is 18.6. The molecule has 0 radical (unpaired) electrons. The Labute approximate surface area is 101 Å². The summed E-state index contributed by atoms with van der Waals surface area (Å²) in [4.78, 5) is 2.07. The first-order chi connectivity index (χ1) is 8.13. The Morgan fingerprint density at radius 2 is 2.29 bits per heavy atom. The number of aliphatic hydroxyl groups excluding tert-OH is 1. The molecule has 0 spiro atoms. The van der Waals surface area contributed by atoms with Gasteiger partial charge in [-0.05, 0) is 31.5 Å². The molecule has 2 atom stereocenters. The summed E-state index contributed by atoms with van der Waals surface area (Å²) in [6.07, 6.45) is 1.12. The Bertz CT molecular complexity index is 397. The Kier molecular flexibility index (Phi) is 3.64. The van der Waals surface area contributed by atoms with Crippen LogP contribution in [0.3, 0.4) is 0 Å². The van der Waals surface area contributed by atoms with Crippen LogP contribution in [-0.2, 0) is 11.3 Å². The molecule has 0 saturated carbocycles. The van der Waals surface area contributed by atoms with E-state index in [1.165, 1.54) is 12.1 Å². The van der Waals surface area contributed by atoms with Gasteiger partial charge in [-0.15, -0.1) is 0 Å².